The quantitative estimate of drug-likeness (QED) is 0.805. The second-order valence-electron chi connectivity index (χ2n) is 5.53. The highest BCUT2D eigenvalue weighted by Gasteiger charge is 2.40. The number of aromatic amines is 1. The molecule has 0 bridgehead atoms. The zero-order chi connectivity index (χ0) is 15.9. The van der Waals surface area contributed by atoms with Crippen molar-refractivity contribution in [2.24, 2.45) is 5.92 Å². The molecule has 112 valence electrons. The molecule has 1 heterocycles. The van der Waals surface area contributed by atoms with Crippen molar-refractivity contribution in [2.45, 2.75) is 12.3 Å². The van der Waals surface area contributed by atoms with Crippen LogP contribution in [-0.4, -0.2) is 32.3 Å². The molecule has 3 rings (SSSR count). The summed E-state index contributed by atoms with van der Waals surface area (Å²) in [7, 11) is 0. The summed E-state index contributed by atoms with van der Waals surface area (Å²) in [6.07, 6.45) is 6.09. The molecule has 1 aromatic carbocycles. The zero-order valence-electron chi connectivity index (χ0n) is 11.8. The minimum Gasteiger partial charge on any atom is -0.481 e. The average Bonchev–Trinajstić information content (AvgIpc) is 2.94. The monoisotopic (exact) mass is 298 g/mol. The molecule has 6 heteroatoms. The van der Waals surface area contributed by atoms with Gasteiger partial charge >= 0.3 is 11.9 Å². The maximum absolute atomic E-state index is 11.6. The summed E-state index contributed by atoms with van der Waals surface area (Å²) in [5, 5.41) is 26.3. The number of rotatable bonds is 3. The number of nitrogens with one attached hydrogen (secondary N) is 1. The summed E-state index contributed by atoms with van der Waals surface area (Å²) < 4.78 is 0. The van der Waals surface area contributed by atoms with Gasteiger partial charge in [-0.1, -0.05) is 37.3 Å². The van der Waals surface area contributed by atoms with Gasteiger partial charge in [0.25, 0.3) is 0 Å². The first-order chi connectivity index (χ1) is 10.4. The predicted octanol–water partition coefficient (Wildman–Crippen LogP) is 2.10. The molecule has 22 heavy (non-hydrogen) atoms. The number of hydrogen-bond donors (Lipinski definition) is 3. The van der Waals surface area contributed by atoms with Gasteiger partial charge in [0, 0.05) is 10.8 Å². The summed E-state index contributed by atoms with van der Waals surface area (Å²) >= 11 is 0. The number of fused-ring (bicyclic) bond motifs is 1. The number of carboxylic acids is 2. The van der Waals surface area contributed by atoms with Gasteiger partial charge in [-0.05, 0) is 11.6 Å². The molecule has 1 aliphatic rings. The lowest BCUT2D eigenvalue weighted by atomic mass is 9.68. The second-order valence-corrected chi connectivity index (χ2v) is 5.53. The number of carboxylic acid groups (broad SMARTS) is 2. The highest BCUT2D eigenvalue weighted by Crippen LogP contribution is 2.39. The Balaban J connectivity index is 2.12. The van der Waals surface area contributed by atoms with Crippen LogP contribution in [0.4, 0.5) is 0 Å². The van der Waals surface area contributed by atoms with Crippen LogP contribution in [0.15, 0.2) is 48.2 Å². The smallest absolute Gasteiger partial charge is 0.335 e. The van der Waals surface area contributed by atoms with Crippen LogP contribution in [0.5, 0.6) is 0 Å². The van der Waals surface area contributed by atoms with E-state index in [1.807, 2.05) is 18.2 Å². The minimum absolute atomic E-state index is 0.00695. The van der Waals surface area contributed by atoms with Crippen LogP contribution in [0.2, 0.25) is 0 Å². The van der Waals surface area contributed by atoms with Gasteiger partial charge in [-0.2, -0.15) is 5.10 Å². The molecule has 0 radical (unpaired) electrons. The van der Waals surface area contributed by atoms with Crippen molar-refractivity contribution in [3.8, 4) is 0 Å². The van der Waals surface area contributed by atoms with Crippen LogP contribution in [0, 0.1) is 5.92 Å². The Labute approximate surface area is 125 Å². The molecule has 2 unspecified atom stereocenters. The first kappa shape index (κ1) is 14.1. The third-order valence-electron chi connectivity index (χ3n) is 4.18. The molecule has 6 nitrogen and oxygen atoms in total. The van der Waals surface area contributed by atoms with Crippen LogP contribution in [-0.2, 0) is 15.0 Å². The van der Waals surface area contributed by atoms with Gasteiger partial charge in [0.15, 0.2) is 0 Å². The Morgan fingerprint density at radius 3 is 2.77 bits per heavy atom. The third-order valence-corrected chi connectivity index (χ3v) is 4.18. The van der Waals surface area contributed by atoms with Crippen molar-refractivity contribution in [1.82, 2.24) is 10.2 Å². The first-order valence-electron chi connectivity index (χ1n) is 6.72. The molecular formula is C16H14N2O4. The lowest BCUT2D eigenvalue weighted by molar-refractivity contribution is -0.141. The normalized spacial score (nSPS) is 24.2. The van der Waals surface area contributed by atoms with Gasteiger partial charge in [-0.25, -0.2) is 4.79 Å². The molecular weight excluding hydrogens is 284 g/mol. The van der Waals surface area contributed by atoms with Crippen molar-refractivity contribution >= 4 is 22.8 Å². The molecule has 3 N–H and O–H groups in total. The fourth-order valence-electron chi connectivity index (χ4n) is 2.79. The van der Waals surface area contributed by atoms with Crippen molar-refractivity contribution in [3.05, 3.63) is 53.8 Å². The molecule has 1 aromatic heterocycles. The van der Waals surface area contributed by atoms with Crippen LogP contribution < -0.4 is 0 Å². The van der Waals surface area contributed by atoms with Gasteiger partial charge in [-0.15, -0.1) is 0 Å². The first-order valence-corrected chi connectivity index (χ1v) is 6.72. The number of hydrogen-bond acceptors (Lipinski definition) is 3. The van der Waals surface area contributed by atoms with E-state index in [0.717, 1.165) is 16.5 Å². The summed E-state index contributed by atoms with van der Waals surface area (Å²) in [4.78, 5) is 22.7. The molecule has 2 atom stereocenters. The minimum atomic E-state index is -1.13. The molecule has 1 aliphatic carbocycles. The van der Waals surface area contributed by atoms with Crippen molar-refractivity contribution < 1.29 is 19.8 Å². The van der Waals surface area contributed by atoms with Crippen LogP contribution in [0.1, 0.15) is 12.5 Å². The second kappa shape index (κ2) is 4.84. The fourth-order valence-corrected chi connectivity index (χ4v) is 2.79. The lowest BCUT2D eigenvalue weighted by Crippen LogP contribution is -2.36. The molecule has 2 aromatic rings. The van der Waals surface area contributed by atoms with Crippen molar-refractivity contribution in [2.75, 3.05) is 0 Å². The van der Waals surface area contributed by atoms with E-state index < -0.39 is 23.3 Å². The van der Waals surface area contributed by atoms with Gasteiger partial charge in [-0.3, -0.25) is 9.89 Å². The summed E-state index contributed by atoms with van der Waals surface area (Å²) in [6.45, 7) is 1.79. The Morgan fingerprint density at radius 1 is 1.32 bits per heavy atom. The van der Waals surface area contributed by atoms with Crippen LogP contribution >= 0.6 is 0 Å². The lowest BCUT2D eigenvalue weighted by Gasteiger charge is -2.34. The van der Waals surface area contributed by atoms with Crippen molar-refractivity contribution in [1.29, 1.82) is 0 Å². The number of allylic oxidation sites excluding steroid dienone is 1. The Bertz CT molecular complexity index is 834. The SMILES string of the molecule is CC1(c2ccc3cn[nH]c3c2)C=CC(C(=O)O)=CC1C(=O)O. The summed E-state index contributed by atoms with van der Waals surface area (Å²) in [5.74, 6) is -3.15. The van der Waals surface area contributed by atoms with E-state index in [2.05, 4.69) is 10.2 Å². The van der Waals surface area contributed by atoms with Crippen molar-refractivity contribution in [3.63, 3.8) is 0 Å². The highest BCUT2D eigenvalue weighted by atomic mass is 16.4. The zero-order valence-corrected chi connectivity index (χ0v) is 11.8. The predicted molar refractivity (Wildman–Crippen MR) is 79.4 cm³/mol. The Kier molecular flexibility index (Phi) is 3.09. The number of aromatic nitrogens is 2. The van der Waals surface area contributed by atoms with Gasteiger partial charge in [0.05, 0.1) is 23.2 Å². The molecule has 0 saturated carbocycles. The van der Waals surface area contributed by atoms with Crippen LogP contribution in [0.3, 0.4) is 0 Å². The van der Waals surface area contributed by atoms with Crippen LogP contribution in [0.25, 0.3) is 10.9 Å². The number of carbonyl (C=O) groups is 2. The van der Waals surface area contributed by atoms with Gasteiger partial charge in [0.1, 0.15) is 0 Å². The molecule has 0 saturated heterocycles. The number of benzene rings is 1. The maximum Gasteiger partial charge on any atom is 0.335 e. The highest BCUT2D eigenvalue weighted by molar-refractivity contribution is 5.92. The number of H-pyrrole nitrogens is 1. The fraction of sp³-hybridized carbons (Fsp3) is 0.188. The third kappa shape index (κ3) is 2.09. The summed E-state index contributed by atoms with van der Waals surface area (Å²) in [5.41, 5.74) is 0.759. The van der Waals surface area contributed by atoms with Gasteiger partial charge in [0.2, 0.25) is 0 Å². The topological polar surface area (TPSA) is 103 Å². The Hall–Kier alpha value is -2.89. The molecule has 0 spiro atoms. The van der Waals surface area contributed by atoms with E-state index in [1.165, 1.54) is 12.2 Å². The van der Waals surface area contributed by atoms with E-state index in [0.29, 0.717) is 0 Å². The van der Waals surface area contributed by atoms with E-state index in [1.54, 1.807) is 19.2 Å². The van der Waals surface area contributed by atoms with E-state index in [9.17, 15) is 14.7 Å². The van der Waals surface area contributed by atoms with E-state index in [-0.39, 0.29) is 5.57 Å². The van der Waals surface area contributed by atoms with E-state index in [4.69, 9.17) is 5.11 Å². The Morgan fingerprint density at radius 2 is 2.09 bits per heavy atom. The molecule has 0 fully saturated rings. The molecule has 0 aliphatic heterocycles. The number of nitrogens with zero attached hydrogens (tertiary/aromatic N) is 1. The summed E-state index contributed by atoms with van der Waals surface area (Å²) in [6, 6.07) is 5.56. The molecule has 0 amide bonds. The van der Waals surface area contributed by atoms with E-state index >= 15 is 0 Å². The number of aliphatic carboxylic acids is 2. The van der Waals surface area contributed by atoms with Gasteiger partial charge < -0.3 is 10.2 Å². The standard InChI is InChI=1S/C16H14N2O4/c1-16(11-3-2-10-8-17-18-13(10)7-11)5-4-9(14(19)20)6-12(16)15(21)22/h2-8,12H,1H3,(H,17,18)(H,19,20)(H,21,22). The largest absolute Gasteiger partial charge is 0.481 e. The maximum atomic E-state index is 11.6. The average molecular weight is 298 g/mol.